The topological polar surface area (TPSA) is 84.4 Å². The van der Waals surface area contributed by atoms with E-state index in [0.717, 1.165) is 60.0 Å². The molecule has 1 heterocycles. The molecule has 0 radical (unpaired) electrons. The predicted octanol–water partition coefficient (Wildman–Crippen LogP) is 7.37. The molecule has 7 nitrogen and oxygen atoms in total. The minimum absolute atomic E-state index is 0.0219. The van der Waals surface area contributed by atoms with Crippen LogP contribution >= 0.6 is 34.7 Å². The van der Waals surface area contributed by atoms with Gasteiger partial charge in [-0.25, -0.2) is 4.39 Å². The van der Waals surface area contributed by atoms with Gasteiger partial charge in [0.25, 0.3) is 5.91 Å². The Labute approximate surface area is 245 Å². The molecule has 1 unspecified atom stereocenters. The van der Waals surface area contributed by atoms with E-state index in [4.69, 9.17) is 23.2 Å². The summed E-state index contributed by atoms with van der Waals surface area (Å²) in [6, 6.07) is 5.27. The molecule has 1 atom stereocenters. The number of benzene rings is 2. The number of hydrogen-bond acceptors (Lipinski definition) is 6. The summed E-state index contributed by atoms with van der Waals surface area (Å²) in [5.74, 6) is -3.10. The second-order valence-corrected chi connectivity index (χ2v) is 10.9. The zero-order valence-corrected chi connectivity index (χ0v) is 23.7. The number of alkyl halides is 4. The summed E-state index contributed by atoms with van der Waals surface area (Å²) in [5.41, 5.74) is 0.126. The zero-order chi connectivity index (χ0) is 29.9. The maximum Gasteiger partial charge on any atom is 0.461 e. The van der Waals surface area contributed by atoms with E-state index in [0.29, 0.717) is 12.8 Å². The third-order valence-electron chi connectivity index (χ3n) is 6.44. The van der Waals surface area contributed by atoms with Crippen molar-refractivity contribution in [3.63, 3.8) is 0 Å². The van der Waals surface area contributed by atoms with Crippen molar-refractivity contribution in [2.45, 2.75) is 63.6 Å². The van der Waals surface area contributed by atoms with Crippen LogP contribution in [0.25, 0.3) is 0 Å². The molecule has 1 aromatic heterocycles. The summed E-state index contributed by atoms with van der Waals surface area (Å²) in [7, 11) is 0. The normalized spacial score (nSPS) is 15.0. The second-order valence-electron chi connectivity index (χ2n) is 9.37. The number of ether oxygens (including phenoxy) is 1. The molecule has 1 aliphatic rings. The Kier molecular flexibility index (Phi) is 9.70. The molecule has 0 bridgehead atoms. The van der Waals surface area contributed by atoms with Crippen molar-refractivity contribution in [1.82, 2.24) is 14.9 Å². The lowest BCUT2D eigenvalue weighted by molar-refractivity contribution is -0.253. The smallest absolute Gasteiger partial charge is 0.425 e. The monoisotopic (exact) mass is 636 g/mol. The Hall–Kier alpha value is -3.03. The van der Waals surface area contributed by atoms with Crippen molar-refractivity contribution in [1.29, 1.82) is 0 Å². The zero-order valence-electron chi connectivity index (χ0n) is 21.4. The maximum absolute atomic E-state index is 14.4. The highest BCUT2D eigenvalue weighted by molar-refractivity contribution is 7.08. The van der Waals surface area contributed by atoms with Crippen LogP contribution in [0.2, 0.25) is 10.0 Å². The number of rotatable bonds is 9. The van der Waals surface area contributed by atoms with Crippen molar-refractivity contribution in [3.8, 4) is 5.75 Å². The molecule has 0 spiro atoms. The number of halogens is 7. The van der Waals surface area contributed by atoms with Gasteiger partial charge in [0, 0.05) is 11.7 Å². The van der Waals surface area contributed by atoms with Crippen LogP contribution in [0.3, 0.4) is 0 Å². The highest BCUT2D eigenvalue weighted by Crippen LogP contribution is 2.43. The summed E-state index contributed by atoms with van der Waals surface area (Å²) in [6.45, 7) is 1.51. The summed E-state index contributed by atoms with van der Waals surface area (Å²) >= 11 is 13.0. The molecule has 1 saturated carbocycles. The minimum Gasteiger partial charge on any atom is -0.425 e. The molecule has 3 aromatic rings. The van der Waals surface area contributed by atoms with Gasteiger partial charge in [-0.3, -0.25) is 14.5 Å². The quantitative estimate of drug-likeness (QED) is 0.248. The van der Waals surface area contributed by atoms with E-state index in [1.165, 1.54) is 19.1 Å². The van der Waals surface area contributed by atoms with Crippen LogP contribution in [0.5, 0.6) is 5.75 Å². The summed E-state index contributed by atoms with van der Waals surface area (Å²) in [6.07, 6.45) is -4.91. The number of aryl methyl sites for hydroxylation is 1. The number of aromatic nitrogens is 2. The van der Waals surface area contributed by atoms with Gasteiger partial charge in [0.15, 0.2) is 5.75 Å². The van der Waals surface area contributed by atoms with Gasteiger partial charge in [-0.05, 0) is 61.1 Å². The number of nitrogens with zero attached hydrogens (tertiary/aromatic N) is 3. The summed E-state index contributed by atoms with van der Waals surface area (Å²) in [4.78, 5) is 28.8. The van der Waals surface area contributed by atoms with Crippen molar-refractivity contribution in [3.05, 3.63) is 68.4 Å². The van der Waals surface area contributed by atoms with Gasteiger partial charge in [0.1, 0.15) is 16.7 Å². The van der Waals surface area contributed by atoms with E-state index < -0.39 is 52.0 Å². The third-order valence-corrected chi connectivity index (χ3v) is 7.82. The number of nitrogens with one attached hydrogen (secondary N) is 1. The molecule has 2 amide bonds. The number of anilines is 1. The standard InChI is InChI=1S/C26H23Cl2F5N4O3S/c1-13-22(41-36-35-13)24(39)37(17-11-18(27)21(19(28)12-17)40-26(32,33)25(30)31)20(14-6-5-7-15(29)10-14)23(38)34-16-8-3-2-4-9-16/h5-7,10-12,16,20,25H,2-4,8-9H2,1H3,(H,34,38). The highest BCUT2D eigenvalue weighted by Gasteiger charge is 2.45. The predicted molar refractivity (Wildman–Crippen MR) is 144 cm³/mol. The fraction of sp³-hybridized carbons (Fsp3) is 0.385. The van der Waals surface area contributed by atoms with Gasteiger partial charge < -0.3 is 10.1 Å². The van der Waals surface area contributed by atoms with Gasteiger partial charge >= 0.3 is 12.5 Å². The molecule has 4 rings (SSSR count). The van der Waals surface area contributed by atoms with Crippen molar-refractivity contribution in [2.75, 3.05) is 4.90 Å². The van der Waals surface area contributed by atoms with E-state index in [2.05, 4.69) is 19.6 Å². The molecular formula is C26H23Cl2F5N4O3S. The fourth-order valence-electron chi connectivity index (χ4n) is 4.51. The van der Waals surface area contributed by atoms with Gasteiger partial charge in [-0.2, -0.15) is 17.6 Å². The van der Waals surface area contributed by atoms with Crippen LogP contribution in [-0.2, 0) is 4.79 Å². The number of carbonyl (C=O) groups excluding carboxylic acids is 2. The largest absolute Gasteiger partial charge is 0.461 e. The molecule has 15 heteroatoms. The lowest BCUT2D eigenvalue weighted by Crippen LogP contribution is -2.47. The van der Waals surface area contributed by atoms with E-state index in [1.807, 2.05) is 0 Å². The van der Waals surface area contributed by atoms with Gasteiger partial charge in [-0.15, -0.1) is 5.10 Å². The molecular weight excluding hydrogens is 614 g/mol. The molecule has 220 valence electrons. The molecule has 0 saturated heterocycles. The molecule has 2 aromatic carbocycles. The Balaban J connectivity index is 1.86. The summed E-state index contributed by atoms with van der Waals surface area (Å²) < 4.78 is 75.2. The Morgan fingerprint density at radius 1 is 1.12 bits per heavy atom. The summed E-state index contributed by atoms with van der Waals surface area (Å²) in [5, 5.41) is 5.48. The first-order valence-corrected chi connectivity index (χ1v) is 13.9. The number of hydrogen-bond donors (Lipinski definition) is 1. The lowest BCUT2D eigenvalue weighted by Gasteiger charge is -2.33. The van der Waals surface area contributed by atoms with Crippen molar-refractivity contribution < 1.29 is 36.3 Å². The maximum atomic E-state index is 14.4. The lowest BCUT2D eigenvalue weighted by atomic mass is 9.94. The van der Waals surface area contributed by atoms with Gasteiger partial charge in [0.2, 0.25) is 5.91 Å². The Morgan fingerprint density at radius 3 is 2.34 bits per heavy atom. The van der Waals surface area contributed by atoms with Gasteiger partial charge in [-0.1, -0.05) is 59.1 Å². The van der Waals surface area contributed by atoms with E-state index >= 15 is 0 Å². The van der Waals surface area contributed by atoms with Crippen LogP contribution < -0.4 is 15.0 Å². The van der Waals surface area contributed by atoms with Crippen LogP contribution in [-0.4, -0.2) is 40.0 Å². The molecule has 1 fully saturated rings. The van der Waals surface area contributed by atoms with E-state index in [1.54, 1.807) is 0 Å². The SMILES string of the molecule is Cc1nnsc1C(=O)N(c1cc(Cl)c(OC(F)(F)C(F)F)c(Cl)c1)C(C(=O)NC1CCCCC1)c1cccc(F)c1. The van der Waals surface area contributed by atoms with Crippen LogP contribution in [0.4, 0.5) is 27.6 Å². The number of amides is 2. The molecule has 1 aliphatic carbocycles. The van der Waals surface area contributed by atoms with E-state index in [9.17, 15) is 31.5 Å². The molecule has 41 heavy (non-hydrogen) atoms. The second kappa shape index (κ2) is 12.9. The van der Waals surface area contributed by atoms with Crippen molar-refractivity contribution >= 4 is 52.2 Å². The first-order valence-electron chi connectivity index (χ1n) is 12.4. The Bertz CT molecular complexity index is 1400. The minimum atomic E-state index is -4.92. The first kappa shape index (κ1) is 30.9. The van der Waals surface area contributed by atoms with Crippen LogP contribution in [0.1, 0.15) is 59.1 Å². The van der Waals surface area contributed by atoms with Crippen molar-refractivity contribution in [2.24, 2.45) is 0 Å². The first-order chi connectivity index (χ1) is 19.4. The number of carbonyl (C=O) groups is 2. The average molecular weight is 637 g/mol. The molecule has 1 N–H and O–H groups in total. The van der Waals surface area contributed by atoms with Gasteiger partial charge in [0.05, 0.1) is 15.7 Å². The van der Waals surface area contributed by atoms with E-state index in [-0.39, 0.29) is 27.9 Å². The van der Waals surface area contributed by atoms with Crippen LogP contribution in [0, 0.1) is 12.7 Å². The Morgan fingerprint density at radius 2 is 1.78 bits per heavy atom. The van der Waals surface area contributed by atoms with Crippen LogP contribution in [0.15, 0.2) is 36.4 Å². The highest BCUT2D eigenvalue weighted by atomic mass is 35.5. The molecule has 0 aliphatic heterocycles. The fourth-order valence-corrected chi connectivity index (χ4v) is 5.65. The average Bonchev–Trinajstić information content (AvgIpc) is 3.35. The third kappa shape index (κ3) is 7.07.